The van der Waals surface area contributed by atoms with Gasteiger partial charge in [0, 0.05) is 6.20 Å². The molecule has 2 aromatic heterocycles. The van der Waals surface area contributed by atoms with Crippen LogP contribution in [0, 0.1) is 19.7 Å². The van der Waals surface area contributed by atoms with E-state index in [-0.39, 0.29) is 5.56 Å². The number of halogens is 1. The van der Waals surface area contributed by atoms with Crippen LogP contribution in [0.15, 0.2) is 12.3 Å². The minimum absolute atomic E-state index is 0.106. The van der Waals surface area contributed by atoms with Gasteiger partial charge in [0.15, 0.2) is 5.82 Å². The first-order valence-corrected chi connectivity index (χ1v) is 4.45. The van der Waals surface area contributed by atoms with E-state index in [0.29, 0.717) is 11.3 Å². The highest BCUT2D eigenvalue weighted by Gasteiger charge is 2.13. The molecule has 1 amide bonds. The number of aryl methyl sites for hydroxylation is 2. The zero-order valence-corrected chi connectivity index (χ0v) is 8.41. The molecule has 2 heterocycles. The third-order valence-electron chi connectivity index (χ3n) is 2.35. The molecule has 15 heavy (non-hydrogen) atoms. The predicted octanol–water partition coefficient (Wildman–Crippen LogP) is 1.19. The number of aromatic nitrogens is 2. The van der Waals surface area contributed by atoms with E-state index in [2.05, 4.69) is 4.98 Å². The van der Waals surface area contributed by atoms with Gasteiger partial charge < -0.3 is 10.1 Å². The highest BCUT2D eigenvalue weighted by Crippen LogP contribution is 2.16. The number of carbonyl (C=O) groups is 1. The minimum atomic E-state index is -0.770. The molecule has 2 rings (SSSR count). The maximum absolute atomic E-state index is 13.4. The van der Waals surface area contributed by atoms with Gasteiger partial charge in [-0.15, -0.1) is 0 Å². The number of pyridine rings is 1. The van der Waals surface area contributed by atoms with E-state index in [1.165, 1.54) is 12.3 Å². The van der Waals surface area contributed by atoms with Crippen LogP contribution in [0.4, 0.5) is 4.39 Å². The van der Waals surface area contributed by atoms with Crippen molar-refractivity contribution in [1.82, 2.24) is 9.38 Å². The zero-order valence-electron chi connectivity index (χ0n) is 8.41. The average Bonchev–Trinajstić information content (AvgIpc) is 2.41. The van der Waals surface area contributed by atoms with Gasteiger partial charge in [-0.2, -0.15) is 0 Å². The van der Waals surface area contributed by atoms with Crippen LogP contribution in [0.5, 0.6) is 0 Å². The topological polar surface area (TPSA) is 60.4 Å². The van der Waals surface area contributed by atoms with Crippen molar-refractivity contribution in [1.29, 1.82) is 0 Å². The van der Waals surface area contributed by atoms with Gasteiger partial charge in [-0.3, -0.25) is 4.79 Å². The van der Waals surface area contributed by atoms with E-state index in [9.17, 15) is 9.18 Å². The number of fused-ring (bicyclic) bond motifs is 1. The molecular formula is C10H10FN3O. The van der Waals surface area contributed by atoms with Crippen LogP contribution in [0.3, 0.4) is 0 Å². The Bertz CT molecular complexity index is 559. The fraction of sp³-hybridized carbons (Fsp3) is 0.200. The van der Waals surface area contributed by atoms with Crippen LogP contribution in [0.2, 0.25) is 0 Å². The summed E-state index contributed by atoms with van der Waals surface area (Å²) in [5.74, 6) is -0.721. The van der Waals surface area contributed by atoms with Gasteiger partial charge in [0.1, 0.15) is 5.82 Å². The zero-order chi connectivity index (χ0) is 11.2. The predicted molar refractivity (Wildman–Crippen MR) is 53.1 cm³/mol. The lowest BCUT2D eigenvalue weighted by Crippen LogP contribution is -2.13. The van der Waals surface area contributed by atoms with E-state index in [4.69, 9.17) is 5.73 Å². The lowest BCUT2D eigenvalue weighted by atomic mass is 10.2. The molecule has 0 bridgehead atoms. The molecule has 0 aliphatic rings. The van der Waals surface area contributed by atoms with Crippen molar-refractivity contribution >= 4 is 11.4 Å². The molecule has 0 unspecified atom stereocenters. The molecule has 2 aromatic rings. The normalized spacial score (nSPS) is 10.9. The molecule has 0 saturated heterocycles. The van der Waals surface area contributed by atoms with Crippen LogP contribution in [0.1, 0.15) is 21.9 Å². The second-order valence-corrected chi connectivity index (χ2v) is 3.40. The fourth-order valence-corrected chi connectivity index (χ4v) is 1.62. The smallest absolute Gasteiger partial charge is 0.251 e. The number of amides is 1. The molecule has 0 aliphatic heterocycles. The van der Waals surface area contributed by atoms with Crippen LogP contribution < -0.4 is 5.73 Å². The first-order chi connectivity index (χ1) is 7.00. The quantitative estimate of drug-likeness (QED) is 0.763. The Morgan fingerprint density at radius 1 is 1.53 bits per heavy atom. The number of rotatable bonds is 1. The van der Waals surface area contributed by atoms with Gasteiger partial charge >= 0.3 is 0 Å². The number of hydrogen-bond acceptors (Lipinski definition) is 2. The van der Waals surface area contributed by atoms with Gasteiger partial charge in [0.25, 0.3) is 5.91 Å². The van der Waals surface area contributed by atoms with E-state index >= 15 is 0 Å². The SMILES string of the molecule is Cc1nc(C)n2cc(F)c(C(N)=O)cc12. The first-order valence-electron chi connectivity index (χ1n) is 4.45. The van der Waals surface area contributed by atoms with Crippen molar-refractivity contribution in [2.75, 3.05) is 0 Å². The molecule has 0 aromatic carbocycles. The maximum atomic E-state index is 13.4. The van der Waals surface area contributed by atoms with Crippen LogP contribution in [-0.4, -0.2) is 15.3 Å². The number of imidazole rings is 1. The molecule has 0 aliphatic carbocycles. The van der Waals surface area contributed by atoms with Crippen molar-refractivity contribution in [2.45, 2.75) is 13.8 Å². The Balaban J connectivity index is 2.85. The van der Waals surface area contributed by atoms with E-state index < -0.39 is 11.7 Å². The molecule has 0 atom stereocenters. The van der Waals surface area contributed by atoms with E-state index in [0.717, 1.165) is 5.69 Å². The molecule has 0 fully saturated rings. The summed E-state index contributed by atoms with van der Waals surface area (Å²) in [5.41, 5.74) is 6.39. The Labute approximate surface area is 85.5 Å². The summed E-state index contributed by atoms with van der Waals surface area (Å²) in [6, 6.07) is 1.42. The second kappa shape index (κ2) is 3.05. The summed E-state index contributed by atoms with van der Waals surface area (Å²) in [7, 11) is 0. The standard InChI is InChI=1S/C10H10FN3O/c1-5-9-3-7(10(12)15)8(11)4-14(9)6(2)13-5/h3-4H,1-2H3,(H2,12,15). The summed E-state index contributed by atoms with van der Waals surface area (Å²) in [6.45, 7) is 3.56. The summed E-state index contributed by atoms with van der Waals surface area (Å²) in [5, 5.41) is 0. The van der Waals surface area contributed by atoms with Crippen LogP contribution >= 0.6 is 0 Å². The molecule has 4 nitrogen and oxygen atoms in total. The molecule has 0 radical (unpaired) electrons. The highest BCUT2D eigenvalue weighted by molar-refractivity contribution is 5.94. The molecule has 0 saturated carbocycles. The van der Waals surface area contributed by atoms with Gasteiger partial charge in [0.2, 0.25) is 0 Å². The van der Waals surface area contributed by atoms with E-state index in [1.54, 1.807) is 18.2 Å². The lowest BCUT2D eigenvalue weighted by molar-refractivity contribution is 0.0996. The van der Waals surface area contributed by atoms with Crippen molar-refractivity contribution in [3.8, 4) is 0 Å². The molecule has 2 N–H and O–H groups in total. The number of hydrogen-bond donors (Lipinski definition) is 1. The second-order valence-electron chi connectivity index (χ2n) is 3.40. The molecule has 78 valence electrons. The Hall–Kier alpha value is -1.91. The third-order valence-corrected chi connectivity index (χ3v) is 2.35. The monoisotopic (exact) mass is 207 g/mol. The number of carbonyl (C=O) groups excluding carboxylic acids is 1. The first kappa shape index (κ1) is 9.64. The van der Waals surface area contributed by atoms with Gasteiger partial charge in [-0.1, -0.05) is 0 Å². The maximum Gasteiger partial charge on any atom is 0.251 e. The lowest BCUT2D eigenvalue weighted by Gasteiger charge is -2.01. The average molecular weight is 207 g/mol. The van der Waals surface area contributed by atoms with Crippen LogP contribution in [0.25, 0.3) is 5.52 Å². The summed E-state index contributed by atoms with van der Waals surface area (Å²) in [4.78, 5) is 15.1. The summed E-state index contributed by atoms with van der Waals surface area (Å²) >= 11 is 0. The Morgan fingerprint density at radius 2 is 2.20 bits per heavy atom. The molecular weight excluding hydrogens is 197 g/mol. The molecule has 5 heteroatoms. The number of nitrogens with zero attached hydrogens (tertiary/aromatic N) is 2. The van der Waals surface area contributed by atoms with Crippen molar-refractivity contribution in [2.24, 2.45) is 5.73 Å². The Morgan fingerprint density at radius 3 is 2.80 bits per heavy atom. The third kappa shape index (κ3) is 1.36. The molecule has 0 spiro atoms. The van der Waals surface area contributed by atoms with Crippen molar-refractivity contribution in [3.63, 3.8) is 0 Å². The van der Waals surface area contributed by atoms with Gasteiger partial charge in [-0.25, -0.2) is 9.37 Å². The Kier molecular flexibility index (Phi) is 1.96. The summed E-state index contributed by atoms with van der Waals surface area (Å²) in [6.07, 6.45) is 1.23. The highest BCUT2D eigenvalue weighted by atomic mass is 19.1. The van der Waals surface area contributed by atoms with E-state index in [1.807, 2.05) is 0 Å². The summed E-state index contributed by atoms with van der Waals surface area (Å²) < 4.78 is 15.0. The van der Waals surface area contributed by atoms with Gasteiger partial charge in [-0.05, 0) is 19.9 Å². The minimum Gasteiger partial charge on any atom is -0.366 e. The van der Waals surface area contributed by atoms with Crippen molar-refractivity contribution in [3.05, 3.63) is 35.2 Å². The fourth-order valence-electron chi connectivity index (χ4n) is 1.62. The van der Waals surface area contributed by atoms with Crippen molar-refractivity contribution < 1.29 is 9.18 Å². The van der Waals surface area contributed by atoms with Crippen LogP contribution in [-0.2, 0) is 0 Å². The number of nitrogens with two attached hydrogens (primary N) is 1. The van der Waals surface area contributed by atoms with Gasteiger partial charge in [0.05, 0.1) is 16.8 Å². The largest absolute Gasteiger partial charge is 0.366 e. The number of primary amides is 1.